The highest BCUT2D eigenvalue weighted by Gasteiger charge is 2.13. The van der Waals surface area contributed by atoms with E-state index in [9.17, 15) is 0 Å². The molecular formula is C18H12S3. The Balaban J connectivity index is 2.46. The van der Waals surface area contributed by atoms with E-state index >= 15 is 0 Å². The summed E-state index contributed by atoms with van der Waals surface area (Å²) < 4.78 is 0. The second-order valence-electron chi connectivity index (χ2n) is 5.11. The summed E-state index contributed by atoms with van der Waals surface area (Å²) in [5, 5.41) is 7.26. The number of hydrogen-bond acceptors (Lipinski definition) is 3. The molecule has 0 unspecified atom stereocenters. The molecule has 21 heavy (non-hydrogen) atoms. The maximum absolute atomic E-state index is 4.71. The fourth-order valence-corrected chi connectivity index (χ4v) is 3.89. The quantitative estimate of drug-likeness (QED) is 0.256. The van der Waals surface area contributed by atoms with E-state index < -0.39 is 0 Å². The largest absolute Gasteiger partial charge is 0.142 e. The lowest BCUT2D eigenvalue weighted by Crippen LogP contribution is -1.86. The number of fused-ring (bicyclic) bond motifs is 6. The van der Waals surface area contributed by atoms with Crippen LogP contribution in [0.1, 0.15) is 0 Å². The van der Waals surface area contributed by atoms with Crippen molar-refractivity contribution in [3.8, 4) is 0 Å². The van der Waals surface area contributed by atoms with Crippen LogP contribution in [0.3, 0.4) is 0 Å². The van der Waals surface area contributed by atoms with E-state index in [4.69, 9.17) is 12.6 Å². The van der Waals surface area contributed by atoms with Gasteiger partial charge in [0.2, 0.25) is 0 Å². The van der Waals surface area contributed by atoms with Gasteiger partial charge in [-0.3, -0.25) is 0 Å². The van der Waals surface area contributed by atoms with Gasteiger partial charge < -0.3 is 0 Å². The molecule has 102 valence electrons. The Hall–Kier alpha value is -1.29. The summed E-state index contributed by atoms with van der Waals surface area (Å²) in [4.78, 5) is 2.58. The van der Waals surface area contributed by atoms with E-state index in [1.165, 1.54) is 26.9 Å². The predicted molar refractivity (Wildman–Crippen MR) is 101 cm³/mol. The minimum absolute atomic E-state index is 0.828. The van der Waals surface area contributed by atoms with Crippen LogP contribution in [0.15, 0.2) is 69.3 Å². The van der Waals surface area contributed by atoms with Crippen molar-refractivity contribution in [3.63, 3.8) is 0 Å². The minimum Gasteiger partial charge on any atom is -0.142 e. The molecule has 0 amide bonds. The third-order valence-electron chi connectivity index (χ3n) is 3.96. The Labute approximate surface area is 139 Å². The Morgan fingerprint density at radius 2 is 1.00 bits per heavy atom. The van der Waals surface area contributed by atoms with E-state index in [2.05, 4.69) is 79.9 Å². The summed E-state index contributed by atoms with van der Waals surface area (Å²) in [6, 6.07) is 19.0. The fourth-order valence-electron chi connectivity index (χ4n) is 3.02. The van der Waals surface area contributed by atoms with Crippen LogP contribution in [0, 0.1) is 0 Å². The Bertz CT molecular complexity index is 1020. The molecule has 0 aliphatic rings. The molecule has 4 aromatic carbocycles. The number of rotatable bonds is 0. The van der Waals surface area contributed by atoms with Crippen molar-refractivity contribution in [2.45, 2.75) is 14.7 Å². The zero-order valence-electron chi connectivity index (χ0n) is 11.0. The van der Waals surface area contributed by atoms with Crippen molar-refractivity contribution in [1.29, 1.82) is 0 Å². The van der Waals surface area contributed by atoms with Crippen molar-refractivity contribution in [3.05, 3.63) is 54.6 Å². The standard InChI is InChI=1S/C18H12S3/c19-15-9-14-12-7-2-1-5-10(12)11-6-3-4-8-13(11)16(14)18(21)17(15)20/h1-9,19-21H. The summed E-state index contributed by atoms with van der Waals surface area (Å²) in [6.07, 6.45) is 0. The minimum atomic E-state index is 0.828. The normalized spacial score (nSPS) is 11.6. The van der Waals surface area contributed by atoms with Crippen molar-refractivity contribution in [1.82, 2.24) is 0 Å². The van der Waals surface area contributed by atoms with Gasteiger partial charge in [0.25, 0.3) is 0 Å². The second kappa shape index (κ2) is 4.87. The summed E-state index contributed by atoms with van der Waals surface area (Å²) in [6.45, 7) is 0. The molecular weight excluding hydrogens is 312 g/mol. The average molecular weight is 324 g/mol. The lowest BCUT2D eigenvalue weighted by molar-refractivity contribution is 1.18. The number of benzene rings is 4. The SMILES string of the molecule is Sc1cc2c3ccccc3c3ccccc3c2c(S)c1S. The first-order valence-corrected chi connectivity index (χ1v) is 7.99. The smallest absolute Gasteiger partial charge is 0.0314 e. The molecule has 0 aromatic heterocycles. The van der Waals surface area contributed by atoms with Gasteiger partial charge in [-0.05, 0) is 33.0 Å². The van der Waals surface area contributed by atoms with Crippen LogP contribution in [0.5, 0.6) is 0 Å². The predicted octanol–water partition coefficient (Wildman–Crippen LogP) is 6.01. The summed E-state index contributed by atoms with van der Waals surface area (Å²) in [5.41, 5.74) is 0. The molecule has 0 spiro atoms. The average Bonchev–Trinajstić information content (AvgIpc) is 2.52. The maximum Gasteiger partial charge on any atom is 0.0314 e. The van der Waals surface area contributed by atoms with Crippen molar-refractivity contribution >= 4 is 70.2 Å². The van der Waals surface area contributed by atoms with E-state index in [1.807, 2.05) is 0 Å². The van der Waals surface area contributed by atoms with Crippen LogP contribution >= 0.6 is 37.9 Å². The zero-order chi connectivity index (χ0) is 14.6. The van der Waals surface area contributed by atoms with Crippen LogP contribution in [0.25, 0.3) is 32.3 Å². The van der Waals surface area contributed by atoms with Crippen LogP contribution in [-0.4, -0.2) is 0 Å². The van der Waals surface area contributed by atoms with Gasteiger partial charge in [0, 0.05) is 20.1 Å². The topological polar surface area (TPSA) is 0 Å². The van der Waals surface area contributed by atoms with E-state index in [0.717, 1.165) is 20.1 Å². The van der Waals surface area contributed by atoms with Crippen LogP contribution < -0.4 is 0 Å². The van der Waals surface area contributed by atoms with Crippen LogP contribution in [-0.2, 0) is 0 Å². The van der Waals surface area contributed by atoms with Crippen molar-refractivity contribution in [2.24, 2.45) is 0 Å². The Morgan fingerprint density at radius 3 is 1.62 bits per heavy atom. The van der Waals surface area contributed by atoms with Gasteiger partial charge in [-0.1, -0.05) is 48.5 Å². The highest BCUT2D eigenvalue weighted by Crippen LogP contribution is 2.41. The molecule has 0 radical (unpaired) electrons. The molecule has 0 aliphatic heterocycles. The maximum atomic E-state index is 4.71. The molecule has 0 bridgehead atoms. The van der Waals surface area contributed by atoms with Crippen LogP contribution in [0.2, 0.25) is 0 Å². The van der Waals surface area contributed by atoms with Gasteiger partial charge in [0.15, 0.2) is 0 Å². The zero-order valence-corrected chi connectivity index (χ0v) is 13.7. The van der Waals surface area contributed by atoms with Crippen molar-refractivity contribution in [2.75, 3.05) is 0 Å². The van der Waals surface area contributed by atoms with Gasteiger partial charge in [-0.25, -0.2) is 0 Å². The van der Waals surface area contributed by atoms with Gasteiger partial charge in [0.1, 0.15) is 0 Å². The molecule has 3 heteroatoms. The van der Waals surface area contributed by atoms with Crippen molar-refractivity contribution < 1.29 is 0 Å². The molecule has 0 nitrogen and oxygen atoms in total. The first-order valence-electron chi connectivity index (χ1n) is 6.65. The lowest BCUT2D eigenvalue weighted by atomic mass is 9.94. The van der Waals surface area contributed by atoms with Crippen LogP contribution in [0.4, 0.5) is 0 Å². The highest BCUT2D eigenvalue weighted by molar-refractivity contribution is 7.85. The third kappa shape index (κ3) is 1.88. The summed E-state index contributed by atoms with van der Waals surface area (Å²) in [7, 11) is 0. The summed E-state index contributed by atoms with van der Waals surface area (Å²) >= 11 is 13.8. The number of hydrogen-bond donors (Lipinski definition) is 3. The van der Waals surface area contributed by atoms with Gasteiger partial charge in [-0.15, -0.1) is 37.9 Å². The number of thiol groups is 3. The Morgan fingerprint density at radius 1 is 0.524 bits per heavy atom. The van der Waals surface area contributed by atoms with E-state index in [-0.39, 0.29) is 0 Å². The van der Waals surface area contributed by atoms with Gasteiger partial charge in [0.05, 0.1) is 0 Å². The monoisotopic (exact) mass is 324 g/mol. The highest BCUT2D eigenvalue weighted by atomic mass is 32.1. The van der Waals surface area contributed by atoms with E-state index in [0.29, 0.717) is 0 Å². The molecule has 4 aromatic rings. The molecule has 0 heterocycles. The fraction of sp³-hybridized carbons (Fsp3) is 0. The summed E-state index contributed by atoms with van der Waals surface area (Å²) in [5.74, 6) is 0. The first-order chi connectivity index (χ1) is 10.2. The molecule has 0 N–H and O–H groups in total. The van der Waals surface area contributed by atoms with E-state index in [1.54, 1.807) is 0 Å². The molecule has 0 fully saturated rings. The first kappa shape index (κ1) is 13.4. The lowest BCUT2D eigenvalue weighted by Gasteiger charge is -2.14. The van der Waals surface area contributed by atoms with Gasteiger partial charge in [-0.2, -0.15) is 0 Å². The molecule has 0 aliphatic carbocycles. The third-order valence-corrected chi connectivity index (χ3v) is 5.58. The second-order valence-corrected chi connectivity index (χ2v) is 6.48. The molecule has 0 saturated heterocycles. The molecule has 0 atom stereocenters. The Kier molecular flexibility index (Phi) is 3.10. The molecule has 0 saturated carbocycles. The molecule has 4 rings (SSSR count). The van der Waals surface area contributed by atoms with Gasteiger partial charge >= 0.3 is 0 Å².